The van der Waals surface area contributed by atoms with Gasteiger partial charge in [0.25, 0.3) is 0 Å². The number of carbonyl (C=O) groups is 4. The molecule has 11 heteroatoms. The lowest BCUT2D eigenvalue weighted by atomic mass is 9.98. The average Bonchev–Trinajstić information content (AvgIpc) is 3.53. The van der Waals surface area contributed by atoms with Gasteiger partial charge >= 0.3 is 6.09 Å². The molecule has 1 aromatic carbocycles. The van der Waals surface area contributed by atoms with Gasteiger partial charge in [0.15, 0.2) is 0 Å². The zero-order chi connectivity index (χ0) is 27.1. The summed E-state index contributed by atoms with van der Waals surface area (Å²) in [5.41, 5.74) is 0.826. The first kappa shape index (κ1) is 27.8. The number of carbonyl (C=O) groups excluding carboxylic acids is 4. The van der Waals surface area contributed by atoms with E-state index in [1.165, 1.54) is 4.90 Å². The summed E-state index contributed by atoms with van der Waals surface area (Å²) in [4.78, 5) is 57.5. The Hall–Kier alpha value is -3.76. The van der Waals surface area contributed by atoms with Crippen LogP contribution in [-0.2, 0) is 20.9 Å². The average molecular weight is 514 g/mol. The van der Waals surface area contributed by atoms with Gasteiger partial charge in [-0.05, 0) is 30.2 Å². The number of amides is 3. The third kappa shape index (κ3) is 7.14. The van der Waals surface area contributed by atoms with Crippen LogP contribution in [0.15, 0.2) is 34.9 Å². The van der Waals surface area contributed by atoms with Crippen molar-refractivity contribution in [2.45, 2.75) is 72.2 Å². The maximum absolute atomic E-state index is 13.5. The Bertz CT molecular complexity index is 1100. The highest BCUT2D eigenvalue weighted by molar-refractivity contribution is 6.00. The molecule has 1 aromatic heterocycles. The Morgan fingerprint density at radius 1 is 1.05 bits per heavy atom. The van der Waals surface area contributed by atoms with E-state index in [-0.39, 0.29) is 36.1 Å². The number of alkyl carbamates (subject to hydrolysis) is 1. The largest absolute Gasteiger partial charge is 0.445 e. The first-order valence-corrected chi connectivity index (χ1v) is 12.5. The second-order valence-electron chi connectivity index (χ2n) is 9.85. The van der Waals surface area contributed by atoms with Gasteiger partial charge in [0.2, 0.25) is 29.3 Å². The standard InChI is InChI=1S/C26H35N5O6/c1-15(2)20(22(32)23-27-17(5)37-30-23)28-24(33)19-12-9-13-31(19)25(34)21(16(3)4)29-26(35)36-14-18-10-7-6-8-11-18/h6-8,10-11,15-16,19-21H,9,12-14H2,1-5H3,(H,28,33)(H,29,35)/t19-,20-,21-/m0/s1. The second kappa shape index (κ2) is 12.5. The molecule has 0 spiro atoms. The number of Topliss-reactive ketones (excluding diaryl/α,β-unsaturated/α-hetero) is 1. The molecule has 200 valence electrons. The number of rotatable bonds is 10. The lowest BCUT2D eigenvalue weighted by Crippen LogP contribution is -2.57. The quantitative estimate of drug-likeness (QED) is 0.462. The van der Waals surface area contributed by atoms with Crippen LogP contribution in [0.4, 0.5) is 4.79 Å². The van der Waals surface area contributed by atoms with Crippen LogP contribution in [0.5, 0.6) is 0 Å². The van der Waals surface area contributed by atoms with Gasteiger partial charge in [-0.2, -0.15) is 4.98 Å². The number of nitrogens with one attached hydrogen (secondary N) is 2. The highest BCUT2D eigenvalue weighted by Gasteiger charge is 2.40. The molecule has 2 heterocycles. The SMILES string of the molecule is Cc1nc(C(=O)[C@@H](NC(=O)[C@@H]2CCCN2C(=O)[C@@H](NC(=O)OCc2ccccc2)C(C)C)C(C)C)no1. The van der Waals surface area contributed by atoms with Gasteiger partial charge in [-0.3, -0.25) is 14.4 Å². The molecule has 2 aromatic rings. The highest BCUT2D eigenvalue weighted by atomic mass is 16.5. The third-order valence-electron chi connectivity index (χ3n) is 6.25. The Kier molecular flexibility index (Phi) is 9.37. The molecule has 1 fully saturated rings. The van der Waals surface area contributed by atoms with Crippen LogP contribution in [-0.4, -0.2) is 63.4 Å². The lowest BCUT2D eigenvalue weighted by Gasteiger charge is -2.31. The van der Waals surface area contributed by atoms with Gasteiger partial charge < -0.3 is 24.8 Å². The normalized spacial score (nSPS) is 16.9. The first-order chi connectivity index (χ1) is 17.6. The zero-order valence-electron chi connectivity index (χ0n) is 21.9. The van der Waals surface area contributed by atoms with E-state index >= 15 is 0 Å². The number of hydrogen-bond acceptors (Lipinski definition) is 8. The molecule has 3 rings (SSSR count). The third-order valence-corrected chi connectivity index (χ3v) is 6.25. The molecule has 0 radical (unpaired) electrons. The van der Waals surface area contributed by atoms with Gasteiger partial charge in [0, 0.05) is 13.5 Å². The van der Waals surface area contributed by atoms with Crippen LogP contribution >= 0.6 is 0 Å². The summed E-state index contributed by atoms with van der Waals surface area (Å²) in [6.45, 7) is 9.24. The van der Waals surface area contributed by atoms with Crippen molar-refractivity contribution in [2.75, 3.05) is 6.54 Å². The van der Waals surface area contributed by atoms with Crippen LogP contribution in [0.1, 0.15) is 62.6 Å². The van der Waals surface area contributed by atoms with Gasteiger partial charge in [-0.25, -0.2) is 4.79 Å². The molecule has 3 amide bonds. The Balaban J connectivity index is 1.65. The molecule has 11 nitrogen and oxygen atoms in total. The van der Waals surface area contributed by atoms with Crippen molar-refractivity contribution in [3.8, 4) is 0 Å². The molecule has 1 saturated heterocycles. The maximum atomic E-state index is 13.5. The summed E-state index contributed by atoms with van der Waals surface area (Å²) in [5.74, 6) is -1.61. The van der Waals surface area contributed by atoms with E-state index in [2.05, 4.69) is 20.8 Å². The number of aryl methyl sites for hydroxylation is 1. The lowest BCUT2D eigenvalue weighted by molar-refractivity contribution is -0.141. The summed E-state index contributed by atoms with van der Waals surface area (Å²) >= 11 is 0. The molecule has 3 atom stereocenters. The van der Waals surface area contributed by atoms with E-state index in [4.69, 9.17) is 9.26 Å². The van der Waals surface area contributed by atoms with Gasteiger partial charge in [0.1, 0.15) is 18.7 Å². The summed E-state index contributed by atoms with van der Waals surface area (Å²) < 4.78 is 10.2. The predicted molar refractivity (Wildman–Crippen MR) is 133 cm³/mol. The highest BCUT2D eigenvalue weighted by Crippen LogP contribution is 2.21. The van der Waals surface area contributed by atoms with Crippen LogP contribution in [0.2, 0.25) is 0 Å². The Labute approximate surface area is 216 Å². The molecule has 0 unspecified atom stereocenters. The van der Waals surface area contributed by atoms with Crippen molar-refractivity contribution < 1.29 is 28.4 Å². The number of aromatic nitrogens is 2. The maximum Gasteiger partial charge on any atom is 0.408 e. The Morgan fingerprint density at radius 2 is 1.73 bits per heavy atom. The molecule has 1 aliphatic heterocycles. The fourth-order valence-electron chi connectivity index (χ4n) is 4.21. The number of nitrogens with zero attached hydrogens (tertiary/aromatic N) is 3. The van der Waals surface area contributed by atoms with Crippen molar-refractivity contribution in [3.05, 3.63) is 47.6 Å². The van der Waals surface area contributed by atoms with Crippen LogP contribution in [0.3, 0.4) is 0 Å². The Morgan fingerprint density at radius 3 is 2.32 bits per heavy atom. The summed E-state index contributed by atoms with van der Waals surface area (Å²) in [7, 11) is 0. The molecule has 1 aliphatic rings. The molecule has 0 aliphatic carbocycles. The van der Waals surface area contributed by atoms with E-state index in [1.807, 2.05) is 44.2 Å². The summed E-state index contributed by atoms with van der Waals surface area (Å²) in [5, 5.41) is 9.11. The van der Waals surface area contributed by atoms with Crippen LogP contribution in [0, 0.1) is 18.8 Å². The van der Waals surface area contributed by atoms with E-state index in [0.29, 0.717) is 19.4 Å². The minimum Gasteiger partial charge on any atom is -0.445 e. The molecule has 37 heavy (non-hydrogen) atoms. The van der Waals surface area contributed by atoms with Crippen LogP contribution < -0.4 is 10.6 Å². The smallest absolute Gasteiger partial charge is 0.408 e. The fraction of sp³-hybridized carbons (Fsp3) is 0.538. The molecule has 2 N–H and O–H groups in total. The predicted octanol–water partition coefficient (Wildman–Crippen LogP) is 2.64. The van der Waals surface area contributed by atoms with Gasteiger partial charge in [0.05, 0.1) is 6.04 Å². The minimum atomic E-state index is -0.881. The number of benzene rings is 1. The van der Waals surface area contributed by atoms with Crippen molar-refractivity contribution in [1.29, 1.82) is 0 Å². The monoisotopic (exact) mass is 513 g/mol. The molecular weight excluding hydrogens is 478 g/mol. The van der Waals surface area contributed by atoms with Crippen LogP contribution in [0.25, 0.3) is 0 Å². The number of likely N-dealkylation sites (tertiary alicyclic amines) is 1. The number of ether oxygens (including phenoxy) is 1. The van der Waals surface area contributed by atoms with Gasteiger partial charge in [-0.1, -0.05) is 63.2 Å². The molecule has 0 bridgehead atoms. The first-order valence-electron chi connectivity index (χ1n) is 12.5. The summed E-state index contributed by atoms with van der Waals surface area (Å²) in [6, 6.07) is 6.70. The minimum absolute atomic E-state index is 0.0744. The fourth-order valence-corrected chi connectivity index (χ4v) is 4.21. The van der Waals surface area contributed by atoms with Crippen molar-refractivity contribution in [1.82, 2.24) is 25.7 Å². The zero-order valence-corrected chi connectivity index (χ0v) is 21.9. The van der Waals surface area contributed by atoms with Crippen molar-refractivity contribution in [2.24, 2.45) is 11.8 Å². The van der Waals surface area contributed by atoms with Crippen molar-refractivity contribution in [3.63, 3.8) is 0 Å². The topological polar surface area (TPSA) is 144 Å². The van der Waals surface area contributed by atoms with E-state index < -0.39 is 35.9 Å². The molecule has 0 saturated carbocycles. The van der Waals surface area contributed by atoms with E-state index in [9.17, 15) is 19.2 Å². The second-order valence-corrected chi connectivity index (χ2v) is 9.85. The summed E-state index contributed by atoms with van der Waals surface area (Å²) in [6.07, 6.45) is 0.357. The van der Waals surface area contributed by atoms with E-state index in [1.54, 1.807) is 20.8 Å². The molecular formula is C26H35N5O6. The van der Waals surface area contributed by atoms with E-state index in [0.717, 1.165) is 5.56 Å². The number of hydrogen-bond donors (Lipinski definition) is 2. The van der Waals surface area contributed by atoms with Crippen molar-refractivity contribution >= 4 is 23.7 Å². The number of ketones is 1. The van der Waals surface area contributed by atoms with Gasteiger partial charge in [-0.15, -0.1) is 0 Å².